The van der Waals surface area contributed by atoms with Crippen molar-refractivity contribution in [2.75, 3.05) is 12.4 Å². The third-order valence-corrected chi connectivity index (χ3v) is 5.35. The smallest absolute Gasteiger partial charge is 0.150 e. The SMILES string of the molecule is C[C@@H](C(=O)C[S@@](=O)C(C)(C)C)[C@@H](O)COCc1ccccc1. The lowest BCUT2D eigenvalue weighted by Crippen LogP contribution is -2.35. The first-order valence-corrected chi connectivity index (χ1v) is 8.74. The number of rotatable bonds is 8. The van der Waals surface area contributed by atoms with Crippen LogP contribution in [0.2, 0.25) is 0 Å². The molecule has 0 saturated heterocycles. The second-order valence-corrected chi connectivity index (χ2v) is 8.63. The topological polar surface area (TPSA) is 63.6 Å². The maximum absolute atomic E-state index is 12.1. The molecule has 124 valence electrons. The number of hydrogen-bond acceptors (Lipinski definition) is 4. The molecule has 0 saturated carbocycles. The molecule has 22 heavy (non-hydrogen) atoms. The molecule has 0 aliphatic rings. The normalized spacial score (nSPS) is 16.0. The standard InChI is InChI=1S/C17H26O4S/c1-13(16(19)12-22(20)17(2,3)4)15(18)11-21-10-14-8-6-5-7-9-14/h5-9,13,15,18H,10-12H2,1-4H3/t13-,15+,22-/m1/s1. The second-order valence-electron chi connectivity index (χ2n) is 6.43. The Balaban J connectivity index is 2.39. The molecular formula is C17H26O4S. The quantitative estimate of drug-likeness (QED) is 0.796. The predicted molar refractivity (Wildman–Crippen MR) is 89.0 cm³/mol. The van der Waals surface area contributed by atoms with Gasteiger partial charge in [-0.1, -0.05) is 37.3 Å². The van der Waals surface area contributed by atoms with Gasteiger partial charge in [0, 0.05) is 21.5 Å². The van der Waals surface area contributed by atoms with Crippen LogP contribution in [0, 0.1) is 5.92 Å². The van der Waals surface area contributed by atoms with Crippen LogP contribution in [0.15, 0.2) is 30.3 Å². The van der Waals surface area contributed by atoms with Crippen molar-refractivity contribution in [3.8, 4) is 0 Å². The molecule has 0 aliphatic carbocycles. The number of ether oxygens (including phenoxy) is 1. The average Bonchev–Trinajstić information content (AvgIpc) is 2.46. The highest BCUT2D eigenvalue weighted by molar-refractivity contribution is 7.87. The van der Waals surface area contributed by atoms with Crippen LogP contribution in [-0.4, -0.2) is 38.3 Å². The Labute approximate surface area is 135 Å². The van der Waals surface area contributed by atoms with Gasteiger partial charge < -0.3 is 9.84 Å². The minimum Gasteiger partial charge on any atom is -0.390 e. The summed E-state index contributed by atoms with van der Waals surface area (Å²) in [7, 11) is -1.24. The second kappa shape index (κ2) is 8.56. The third-order valence-electron chi connectivity index (χ3n) is 3.44. The van der Waals surface area contributed by atoms with Crippen LogP contribution in [0.4, 0.5) is 0 Å². The van der Waals surface area contributed by atoms with Crippen LogP contribution in [0.5, 0.6) is 0 Å². The lowest BCUT2D eigenvalue weighted by atomic mass is 10.0. The van der Waals surface area contributed by atoms with Crippen LogP contribution in [-0.2, 0) is 26.9 Å². The fraction of sp³-hybridized carbons (Fsp3) is 0.588. The van der Waals surface area contributed by atoms with Crippen molar-refractivity contribution < 1.29 is 18.8 Å². The van der Waals surface area contributed by atoms with E-state index in [9.17, 15) is 14.1 Å². The number of hydrogen-bond donors (Lipinski definition) is 1. The highest BCUT2D eigenvalue weighted by atomic mass is 32.2. The largest absolute Gasteiger partial charge is 0.390 e. The maximum Gasteiger partial charge on any atom is 0.150 e. The zero-order chi connectivity index (χ0) is 16.8. The summed E-state index contributed by atoms with van der Waals surface area (Å²) in [6.45, 7) is 7.64. The Kier molecular flexibility index (Phi) is 7.39. The summed E-state index contributed by atoms with van der Waals surface area (Å²) in [6, 6.07) is 9.64. The van der Waals surface area contributed by atoms with Gasteiger partial charge in [-0.3, -0.25) is 9.00 Å². The van der Waals surface area contributed by atoms with Crippen molar-refractivity contribution in [2.24, 2.45) is 5.92 Å². The fourth-order valence-corrected chi connectivity index (χ4v) is 2.66. The molecule has 0 radical (unpaired) electrons. The molecule has 0 fully saturated rings. The molecule has 0 amide bonds. The van der Waals surface area contributed by atoms with Gasteiger partial charge >= 0.3 is 0 Å². The average molecular weight is 326 g/mol. The lowest BCUT2D eigenvalue weighted by Gasteiger charge is -2.21. The van der Waals surface area contributed by atoms with E-state index in [1.54, 1.807) is 6.92 Å². The molecule has 1 aromatic rings. The molecule has 0 aliphatic heterocycles. The molecule has 1 N–H and O–H groups in total. The predicted octanol–water partition coefficient (Wildman–Crippen LogP) is 2.32. The van der Waals surface area contributed by atoms with Crippen molar-refractivity contribution in [1.82, 2.24) is 0 Å². The number of carbonyl (C=O) groups excluding carboxylic acids is 1. The van der Waals surface area contributed by atoms with Crippen LogP contribution in [0.1, 0.15) is 33.3 Å². The van der Waals surface area contributed by atoms with Crippen molar-refractivity contribution in [3.63, 3.8) is 0 Å². The van der Waals surface area contributed by atoms with E-state index in [-0.39, 0.29) is 18.1 Å². The summed E-state index contributed by atoms with van der Waals surface area (Å²) < 4.78 is 17.0. The number of aliphatic hydroxyl groups is 1. The van der Waals surface area contributed by atoms with E-state index < -0.39 is 27.6 Å². The van der Waals surface area contributed by atoms with E-state index in [1.807, 2.05) is 51.1 Å². The summed E-state index contributed by atoms with van der Waals surface area (Å²) in [5, 5.41) is 10.0. The summed E-state index contributed by atoms with van der Waals surface area (Å²) in [4.78, 5) is 12.1. The Morgan fingerprint density at radius 1 is 1.27 bits per heavy atom. The Bertz CT molecular complexity index is 493. The van der Waals surface area contributed by atoms with Gasteiger partial charge in [-0.05, 0) is 26.3 Å². The first-order chi connectivity index (χ1) is 10.2. The maximum atomic E-state index is 12.1. The van der Waals surface area contributed by atoms with E-state index in [0.717, 1.165) is 5.56 Å². The van der Waals surface area contributed by atoms with Crippen LogP contribution < -0.4 is 0 Å². The molecule has 1 rings (SSSR count). The number of Topliss-reactive ketones (excluding diaryl/α,β-unsaturated/α-hetero) is 1. The summed E-state index contributed by atoms with van der Waals surface area (Å²) in [5.74, 6) is -0.799. The first-order valence-electron chi connectivity index (χ1n) is 7.42. The van der Waals surface area contributed by atoms with Gasteiger partial charge in [0.15, 0.2) is 5.78 Å². The van der Waals surface area contributed by atoms with Crippen molar-refractivity contribution in [2.45, 2.75) is 45.2 Å². The highest BCUT2D eigenvalue weighted by Gasteiger charge is 2.27. The zero-order valence-electron chi connectivity index (χ0n) is 13.7. The van der Waals surface area contributed by atoms with Gasteiger partial charge in [-0.15, -0.1) is 0 Å². The first kappa shape index (κ1) is 19.0. The highest BCUT2D eigenvalue weighted by Crippen LogP contribution is 2.14. The van der Waals surface area contributed by atoms with Crippen LogP contribution in [0.3, 0.4) is 0 Å². The fourth-order valence-electron chi connectivity index (χ4n) is 1.71. The number of benzene rings is 1. The van der Waals surface area contributed by atoms with E-state index >= 15 is 0 Å². The Hall–Kier alpha value is -1.04. The molecule has 0 bridgehead atoms. The number of ketones is 1. The molecule has 3 atom stereocenters. The Morgan fingerprint density at radius 2 is 1.86 bits per heavy atom. The van der Waals surface area contributed by atoms with E-state index in [0.29, 0.717) is 6.61 Å². The van der Waals surface area contributed by atoms with Crippen molar-refractivity contribution >= 4 is 16.6 Å². The summed E-state index contributed by atoms with van der Waals surface area (Å²) >= 11 is 0. The molecule has 0 heterocycles. The lowest BCUT2D eigenvalue weighted by molar-refractivity contribution is -0.124. The minimum absolute atomic E-state index is 0.0274. The molecule has 0 unspecified atom stereocenters. The van der Waals surface area contributed by atoms with Crippen LogP contribution >= 0.6 is 0 Å². The third kappa shape index (κ3) is 6.38. The molecule has 4 nitrogen and oxygen atoms in total. The molecule has 0 spiro atoms. The number of aliphatic hydroxyl groups excluding tert-OH is 1. The Morgan fingerprint density at radius 3 is 2.41 bits per heavy atom. The monoisotopic (exact) mass is 326 g/mol. The van der Waals surface area contributed by atoms with Gasteiger partial charge in [0.2, 0.25) is 0 Å². The molecule has 0 aromatic heterocycles. The van der Waals surface area contributed by atoms with E-state index in [2.05, 4.69) is 0 Å². The van der Waals surface area contributed by atoms with Crippen molar-refractivity contribution in [3.05, 3.63) is 35.9 Å². The minimum atomic E-state index is -1.24. The van der Waals surface area contributed by atoms with Gasteiger partial charge in [-0.2, -0.15) is 0 Å². The molecule has 5 heteroatoms. The molecular weight excluding hydrogens is 300 g/mol. The van der Waals surface area contributed by atoms with Gasteiger partial charge in [0.25, 0.3) is 0 Å². The summed E-state index contributed by atoms with van der Waals surface area (Å²) in [6.07, 6.45) is -0.881. The van der Waals surface area contributed by atoms with E-state index in [4.69, 9.17) is 4.74 Å². The zero-order valence-corrected chi connectivity index (χ0v) is 14.6. The van der Waals surface area contributed by atoms with Gasteiger partial charge in [0.1, 0.15) is 0 Å². The molecule has 1 aromatic carbocycles. The van der Waals surface area contributed by atoms with E-state index in [1.165, 1.54) is 0 Å². The van der Waals surface area contributed by atoms with Gasteiger partial charge in [-0.25, -0.2) is 0 Å². The van der Waals surface area contributed by atoms with Gasteiger partial charge in [0.05, 0.1) is 25.1 Å². The van der Waals surface area contributed by atoms with Crippen LogP contribution in [0.25, 0.3) is 0 Å². The summed E-state index contributed by atoms with van der Waals surface area (Å²) in [5.41, 5.74) is 1.02. The number of carbonyl (C=O) groups is 1. The van der Waals surface area contributed by atoms with Crippen molar-refractivity contribution in [1.29, 1.82) is 0 Å².